The minimum Gasteiger partial charge on any atom is -0.350 e. The summed E-state index contributed by atoms with van der Waals surface area (Å²) in [5.74, 6) is -0.515. The first-order valence-corrected chi connectivity index (χ1v) is 9.56. The highest BCUT2D eigenvalue weighted by atomic mass is 32.1. The van der Waals surface area contributed by atoms with Crippen LogP contribution in [0.2, 0.25) is 0 Å². The first-order chi connectivity index (χ1) is 12.7. The van der Waals surface area contributed by atoms with E-state index in [0.29, 0.717) is 17.9 Å². The van der Waals surface area contributed by atoms with Crippen molar-refractivity contribution in [2.24, 2.45) is 0 Å². The Morgan fingerprint density at radius 1 is 1.23 bits per heavy atom. The van der Waals surface area contributed by atoms with Gasteiger partial charge in [-0.3, -0.25) is 9.36 Å². The molecule has 1 aromatic carbocycles. The summed E-state index contributed by atoms with van der Waals surface area (Å²) in [6, 6.07) is 5.96. The fourth-order valence-corrected chi connectivity index (χ4v) is 4.31. The second-order valence-corrected chi connectivity index (χ2v) is 7.48. The zero-order chi connectivity index (χ0) is 17.9. The van der Waals surface area contributed by atoms with Gasteiger partial charge in [0.15, 0.2) is 0 Å². The number of benzene rings is 1. The quantitative estimate of drug-likeness (QED) is 0.749. The van der Waals surface area contributed by atoms with E-state index in [0.717, 1.165) is 24.3 Å². The summed E-state index contributed by atoms with van der Waals surface area (Å²) < 4.78 is 14.7. The molecule has 0 radical (unpaired) electrons. The number of fused-ring (bicyclic) bond motifs is 1. The van der Waals surface area contributed by atoms with Gasteiger partial charge in [0.1, 0.15) is 11.5 Å². The van der Waals surface area contributed by atoms with Crippen LogP contribution in [0, 0.1) is 5.82 Å². The molecule has 0 aliphatic heterocycles. The van der Waals surface area contributed by atoms with E-state index >= 15 is 0 Å². The predicted molar refractivity (Wildman–Crippen MR) is 98.3 cm³/mol. The molecule has 134 valence electrons. The highest BCUT2D eigenvalue weighted by Crippen LogP contribution is 2.26. The van der Waals surface area contributed by atoms with Crippen molar-refractivity contribution < 1.29 is 9.18 Å². The fraction of sp³-hybridized carbons (Fsp3) is 0.316. The van der Waals surface area contributed by atoms with E-state index in [9.17, 15) is 9.18 Å². The summed E-state index contributed by atoms with van der Waals surface area (Å²) in [4.78, 5) is 22.6. The third-order valence-electron chi connectivity index (χ3n) is 4.49. The molecule has 1 amide bonds. The van der Waals surface area contributed by atoms with Crippen LogP contribution in [0.4, 0.5) is 4.39 Å². The fourth-order valence-electron chi connectivity index (χ4n) is 3.16. The monoisotopic (exact) mass is 370 g/mol. The molecule has 1 aliphatic rings. The third kappa shape index (κ3) is 3.53. The van der Waals surface area contributed by atoms with Crippen LogP contribution in [0.5, 0.6) is 0 Å². The Hall–Kier alpha value is -2.54. The molecule has 0 bridgehead atoms. The lowest BCUT2D eigenvalue weighted by atomic mass is 10.0. The van der Waals surface area contributed by atoms with Crippen LogP contribution in [-0.2, 0) is 19.3 Å². The van der Waals surface area contributed by atoms with Crippen molar-refractivity contribution in [3.63, 3.8) is 0 Å². The zero-order valence-electron chi connectivity index (χ0n) is 14.2. The molecule has 0 atom stereocenters. The van der Waals surface area contributed by atoms with Gasteiger partial charge in [0.05, 0.1) is 23.2 Å². The summed E-state index contributed by atoms with van der Waals surface area (Å²) in [5, 5.41) is 4.02. The molecule has 26 heavy (non-hydrogen) atoms. The van der Waals surface area contributed by atoms with Gasteiger partial charge < -0.3 is 5.32 Å². The molecular weight excluding hydrogens is 351 g/mol. The van der Waals surface area contributed by atoms with Crippen molar-refractivity contribution in [1.82, 2.24) is 19.9 Å². The molecule has 3 aromatic rings. The summed E-state index contributed by atoms with van der Waals surface area (Å²) in [5.41, 5.74) is 2.37. The highest BCUT2D eigenvalue weighted by molar-refractivity contribution is 7.11. The second kappa shape index (κ2) is 7.37. The lowest BCUT2D eigenvalue weighted by Gasteiger charge is -2.08. The molecule has 1 N–H and O–H groups in total. The van der Waals surface area contributed by atoms with Gasteiger partial charge in [0, 0.05) is 23.5 Å². The molecule has 0 spiro atoms. The Morgan fingerprint density at radius 2 is 2.04 bits per heavy atom. The lowest BCUT2D eigenvalue weighted by Crippen LogP contribution is -2.27. The first-order valence-electron chi connectivity index (χ1n) is 8.74. The smallest absolute Gasteiger partial charge is 0.269 e. The van der Waals surface area contributed by atoms with Crippen molar-refractivity contribution >= 4 is 17.2 Å². The summed E-state index contributed by atoms with van der Waals surface area (Å²) in [6.45, 7) is 0.528. The second-order valence-electron chi connectivity index (χ2n) is 6.32. The number of thiazole rings is 1. The summed E-state index contributed by atoms with van der Waals surface area (Å²) >= 11 is 1.77. The van der Waals surface area contributed by atoms with Crippen LogP contribution in [0.15, 0.2) is 36.8 Å². The molecule has 0 saturated heterocycles. The number of amides is 1. The van der Waals surface area contributed by atoms with Crippen molar-refractivity contribution in [2.75, 3.05) is 6.54 Å². The Bertz CT molecular complexity index is 893. The van der Waals surface area contributed by atoms with Crippen LogP contribution in [-0.4, -0.2) is 27.0 Å². The number of halogens is 1. The molecule has 4 rings (SSSR count). The maximum absolute atomic E-state index is 13.1. The molecular formula is C19H19FN4OS. The number of aryl methyl sites for hydroxylation is 2. The number of imidazole rings is 1. The van der Waals surface area contributed by atoms with Crippen molar-refractivity contribution in [3.05, 3.63) is 63.9 Å². The standard InChI is InChI=1S/C19H19FN4OS/c20-13-5-7-14(8-6-13)24-12-21-11-16(24)19(25)22-10-9-18-23-15-3-1-2-4-17(15)26-18/h5-8,11-12H,1-4,9-10H2,(H,22,25). The Balaban J connectivity index is 1.39. The Morgan fingerprint density at radius 3 is 2.85 bits per heavy atom. The number of carbonyl (C=O) groups is 1. The minimum atomic E-state index is -0.314. The van der Waals surface area contributed by atoms with E-state index in [1.807, 2.05) is 0 Å². The summed E-state index contributed by atoms with van der Waals surface area (Å²) in [7, 11) is 0. The van der Waals surface area contributed by atoms with E-state index in [2.05, 4.69) is 10.3 Å². The van der Waals surface area contributed by atoms with Crippen molar-refractivity contribution in [3.8, 4) is 5.69 Å². The normalized spacial score (nSPS) is 13.4. The van der Waals surface area contributed by atoms with Gasteiger partial charge in [-0.1, -0.05) is 0 Å². The number of hydrogen-bond donors (Lipinski definition) is 1. The molecule has 5 nitrogen and oxygen atoms in total. The number of carbonyl (C=O) groups excluding carboxylic acids is 1. The van der Waals surface area contributed by atoms with Crippen LogP contribution in [0.25, 0.3) is 5.69 Å². The van der Waals surface area contributed by atoms with Crippen LogP contribution in [0.3, 0.4) is 0 Å². The molecule has 2 aromatic heterocycles. The molecule has 0 fully saturated rings. The van der Waals surface area contributed by atoms with E-state index < -0.39 is 0 Å². The topological polar surface area (TPSA) is 59.8 Å². The van der Waals surface area contributed by atoms with Gasteiger partial charge in [0.2, 0.25) is 0 Å². The minimum absolute atomic E-state index is 0.201. The van der Waals surface area contributed by atoms with E-state index in [1.54, 1.807) is 34.4 Å². The first kappa shape index (κ1) is 16.9. The van der Waals surface area contributed by atoms with E-state index in [-0.39, 0.29) is 11.7 Å². The average molecular weight is 370 g/mol. The summed E-state index contributed by atoms with van der Waals surface area (Å²) in [6.07, 6.45) is 8.48. The number of nitrogens with zero attached hydrogens (tertiary/aromatic N) is 3. The van der Waals surface area contributed by atoms with Gasteiger partial charge in [-0.25, -0.2) is 14.4 Å². The van der Waals surface area contributed by atoms with Crippen molar-refractivity contribution in [2.45, 2.75) is 32.1 Å². The number of rotatable bonds is 5. The largest absolute Gasteiger partial charge is 0.350 e. The molecule has 7 heteroatoms. The van der Waals surface area contributed by atoms with Gasteiger partial charge in [-0.15, -0.1) is 11.3 Å². The maximum Gasteiger partial charge on any atom is 0.269 e. The maximum atomic E-state index is 13.1. The van der Waals surface area contributed by atoms with Gasteiger partial charge in [-0.2, -0.15) is 0 Å². The predicted octanol–water partition coefficient (Wildman–Crippen LogP) is 3.32. The van der Waals surface area contributed by atoms with Crippen molar-refractivity contribution in [1.29, 1.82) is 0 Å². The van der Waals surface area contributed by atoms with Gasteiger partial charge >= 0.3 is 0 Å². The third-order valence-corrected chi connectivity index (χ3v) is 5.71. The average Bonchev–Trinajstić information content (AvgIpc) is 3.29. The molecule has 1 aliphatic carbocycles. The zero-order valence-corrected chi connectivity index (χ0v) is 15.1. The van der Waals surface area contributed by atoms with Crippen LogP contribution >= 0.6 is 11.3 Å². The number of hydrogen-bond acceptors (Lipinski definition) is 4. The van der Waals surface area contributed by atoms with Gasteiger partial charge in [0.25, 0.3) is 5.91 Å². The van der Waals surface area contributed by atoms with Gasteiger partial charge in [-0.05, 0) is 49.9 Å². The lowest BCUT2D eigenvalue weighted by molar-refractivity contribution is 0.0947. The molecule has 0 unspecified atom stereocenters. The Labute approximate surface area is 154 Å². The SMILES string of the molecule is O=C(NCCc1nc2c(s1)CCCC2)c1cncn1-c1ccc(F)cc1. The molecule has 2 heterocycles. The van der Waals surface area contributed by atoms with Crippen LogP contribution < -0.4 is 5.32 Å². The number of aromatic nitrogens is 3. The number of nitrogens with one attached hydrogen (secondary N) is 1. The van der Waals surface area contributed by atoms with E-state index in [4.69, 9.17) is 4.98 Å². The Kier molecular flexibility index (Phi) is 4.79. The highest BCUT2D eigenvalue weighted by Gasteiger charge is 2.16. The van der Waals surface area contributed by atoms with Crippen LogP contribution in [0.1, 0.15) is 38.9 Å². The molecule has 0 saturated carbocycles. The van der Waals surface area contributed by atoms with E-state index in [1.165, 1.54) is 41.7 Å².